The lowest BCUT2D eigenvalue weighted by molar-refractivity contribution is -0.136. The number of carboxylic acids is 1. The summed E-state index contributed by atoms with van der Waals surface area (Å²) in [6, 6.07) is 21.0. The Balaban J connectivity index is 2.03. The van der Waals surface area contributed by atoms with Crippen molar-refractivity contribution < 1.29 is 9.90 Å². The van der Waals surface area contributed by atoms with E-state index >= 15 is 0 Å². The van der Waals surface area contributed by atoms with Crippen molar-refractivity contribution in [2.45, 2.75) is 6.42 Å². The first kappa shape index (κ1) is 16.6. The first-order chi connectivity index (χ1) is 11.5. The summed E-state index contributed by atoms with van der Waals surface area (Å²) in [5.74, 6) is -0.879. The third-order valence-electron chi connectivity index (χ3n) is 3.67. The van der Waals surface area contributed by atoms with Gasteiger partial charge in [-0.2, -0.15) is 0 Å². The molecule has 0 saturated carbocycles. The molecule has 0 aliphatic heterocycles. The highest BCUT2D eigenvalue weighted by atomic mass is 35.5. The number of hydrogen-bond donors (Lipinski definition) is 1. The molecule has 0 aliphatic carbocycles. The molecule has 0 unspecified atom stereocenters. The molecule has 0 heterocycles. The van der Waals surface area contributed by atoms with E-state index in [0.717, 1.165) is 22.3 Å². The molecule has 0 radical (unpaired) electrons. The molecule has 3 aromatic carbocycles. The predicted octanol–water partition coefficient (Wildman–Crippen LogP) is 5.95. The Morgan fingerprint density at radius 1 is 0.750 bits per heavy atom. The van der Waals surface area contributed by atoms with Crippen molar-refractivity contribution in [3.63, 3.8) is 0 Å². The molecular formula is C20H14Cl2O2. The minimum atomic E-state index is -0.879. The van der Waals surface area contributed by atoms with Gasteiger partial charge in [0, 0.05) is 10.0 Å². The van der Waals surface area contributed by atoms with E-state index in [1.165, 1.54) is 0 Å². The van der Waals surface area contributed by atoms with Crippen molar-refractivity contribution in [1.29, 1.82) is 0 Å². The number of aliphatic carboxylic acids is 1. The van der Waals surface area contributed by atoms with Gasteiger partial charge in [0.1, 0.15) is 0 Å². The van der Waals surface area contributed by atoms with Gasteiger partial charge >= 0.3 is 5.97 Å². The van der Waals surface area contributed by atoms with Gasteiger partial charge in [0.15, 0.2) is 0 Å². The largest absolute Gasteiger partial charge is 0.481 e. The smallest absolute Gasteiger partial charge is 0.307 e. The van der Waals surface area contributed by atoms with Crippen LogP contribution in [0.1, 0.15) is 5.56 Å². The molecule has 4 heteroatoms. The van der Waals surface area contributed by atoms with Gasteiger partial charge in [0.2, 0.25) is 0 Å². The van der Waals surface area contributed by atoms with Crippen LogP contribution in [0.2, 0.25) is 10.0 Å². The number of carbonyl (C=O) groups is 1. The van der Waals surface area contributed by atoms with Gasteiger partial charge in [0.25, 0.3) is 0 Å². The molecular weight excluding hydrogens is 343 g/mol. The van der Waals surface area contributed by atoms with Crippen LogP contribution in [0.4, 0.5) is 0 Å². The summed E-state index contributed by atoms with van der Waals surface area (Å²) in [6.45, 7) is 0. The van der Waals surface area contributed by atoms with Crippen LogP contribution in [0.3, 0.4) is 0 Å². The predicted molar refractivity (Wildman–Crippen MR) is 98.7 cm³/mol. The highest BCUT2D eigenvalue weighted by Crippen LogP contribution is 2.30. The molecule has 2 nitrogen and oxygen atoms in total. The van der Waals surface area contributed by atoms with E-state index in [1.807, 2.05) is 60.7 Å². The van der Waals surface area contributed by atoms with Crippen LogP contribution in [0.25, 0.3) is 22.3 Å². The fourth-order valence-corrected chi connectivity index (χ4v) is 3.09. The Morgan fingerprint density at radius 2 is 1.33 bits per heavy atom. The average molecular weight is 357 g/mol. The maximum Gasteiger partial charge on any atom is 0.307 e. The van der Waals surface area contributed by atoms with Gasteiger partial charge in [-0.3, -0.25) is 4.79 Å². The highest BCUT2D eigenvalue weighted by molar-refractivity contribution is 6.31. The van der Waals surface area contributed by atoms with Crippen LogP contribution < -0.4 is 0 Å². The van der Waals surface area contributed by atoms with E-state index in [4.69, 9.17) is 28.3 Å². The Bertz CT molecular complexity index is 904. The van der Waals surface area contributed by atoms with Crippen molar-refractivity contribution in [2.75, 3.05) is 0 Å². The molecule has 0 bridgehead atoms. The molecule has 0 aromatic heterocycles. The zero-order valence-electron chi connectivity index (χ0n) is 12.7. The van der Waals surface area contributed by atoms with Crippen LogP contribution >= 0.6 is 23.2 Å². The Labute approximate surface area is 150 Å². The van der Waals surface area contributed by atoms with Crippen LogP contribution in [0, 0.1) is 0 Å². The molecule has 0 amide bonds. The first-order valence-corrected chi connectivity index (χ1v) is 8.14. The van der Waals surface area contributed by atoms with Gasteiger partial charge in [0.05, 0.1) is 6.42 Å². The second kappa shape index (κ2) is 7.08. The fourth-order valence-electron chi connectivity index (χ4n) is 2.64. The maximum atomic E-state index is 10.9. The number of rotatable bonds is 4. The number of carboxylic acid groups (broad SMARTS) is 1. The Hall–Kier alpha value is -2.29. The van der Waals surface area contributed by atoms with Crippen LogP contribution in [-0.2, 0) is 11.2 Å². The van der Waals surface area contributed by atoms with Gasteiger partial charge in [-0.1, -0.05) is 59.6 Å². The molecule has 0 spiro atoms. The lowest BCUT2D eigenvalue weighted by Crippen LogP contribution is -2.00. The van der Waals surface area contributed by atoms with Crippen molar-refractivity contribution >= 4 is 29.2 Å². The normalized spacial score (nSPS) is 10.6. The first-order valence-electron chi connectivity index (χ1n) is 7.39. The lowest BCUT2D eigenvalue weighted by atomic mass is 9.97. The van der Waals surface area contributed by atoms with Crippen molar-refractivity contribution in [1.82, 2.24) is 0 Å². The standard InChI is InChI=1S/C20H14Cl2O2/c21-18-6-2-5-16(11-18)14-3-1-4-15(10-14)17-7-13(9-20(23)24)8-19(22)12-17/h1-8,10-12H,9H2,(H,23,24). The van der Waals surface area contributed by atoms with E-state index < -0.39 is 5.97 Å². The summed E-state index contributed by atoms with van der Waals surface area (Å²) in [6.07, 6.45) is -0.0540. The third kappa shape index (κ3) is 3.97. The van der Waals surface area contributed by atoms with E-state index in [2.05, 4.69) is 0 Å². The fraction of sp³-hybridized carbons (Fsp3) is 0.0500. The number of benzene rings is 3. The highest BCUT2D eigenvalue weighted by Gasteiger charge is 2.07. The number of hydrogen-bond acceptors (Lipinski definition) is 1. The quantitative estimate of drug-likeness (QED) is 0.626. The van der Waals surface area contributed by atoms with E-state index in [-0.39, 0.29) is 6.42 Å². The average Bonchev–Trinajstić information content (AvgIpc) is 2.54. The van der Waals surface area contributed by atoms with Crippen molar-refractivity contribution in [3.8, 4) is 22.3 Å². The SMILES string of the molecule is O=C(O)Cc1cc(Cl)cc(-c2cccc(-c3cccc(Cl)c3)c2)c1. The number of halogens is 2. The van der Waals surface area contributed by atoms with Crippen molar-refractivity contribution in [3.05, 3.63) is 82.3 Å². The van der Waals surface area contributed by atoms with E-state index in [9.17, 15) is 4.79 Å². The summed E-state index contributed by atoms with van der Waals surface area (Å²) in [5, 5.41) is 10.2. The lowest BCUT2D eigenvalue weighted by Gasteiger charge is -2.09. The molecule has 3 rings (SSSR count). The Kier molecular flexibility index (Phi) is 4.89. The molecule has 120 valence electrons. The minimum absolute atomic E-state index is 0.0540. The molecule has 24 heavy (non-hydrogen) atoms. The maximum absolute atomic E-state index is 10.9. The van der Waals surface area contributed by atoms with Gasteiger partial charge in [-0.25, -0.2) is 0 Å². The second-order valence-electron chi connectivity index (χ2n) is 5.51. The minimum Gasteiger partial charge on any atom is -0.481 e. The summed E-state index contributed by atoms with van der Waals surface area (Å²) < 4.78 is 0. The van der Waals surface area contributed by atoms with E-state index in [0.29, 0.717) is 15.6 Å². The van der Waals surface area contributed by atoms with Crippen molar-refractivity contribution in [2.24, 2.45) is 0 Å². The summed E-state index contributed by atoms with van der Waals surface area (Å²) in [5.41, 5.74) is 4.61. The van der Waals surface area contributed by atoms with Gasteiger partial charge in [-0.15, -0.1) is 0 Å². The van der Waals surface area contributed by atoms with Crippen LogP contribution in [0.15, 0.2) is 66.7 Å². The summed E-state index contributed by atoms with van der Waals surface area (Å²) >= 11 is 12.2. The van der Waals surface area contributed by atoms with E-state index in [1.54, 1.807) is 6.07 Å². The zero-order valence-corrected chi connectivity index (χ0v) is 14.2. The molecule has 0 fully saturated rings. The Morgan fingerprint density at radius 3 is 2.00 bits per heavy atom. The topological polar surface area (TPSA) is 37.3 Å². The monoisotopic (exact) mass is 356 g/mol. The third-order valence-corrected chi connectivity index (χ3v) is 4.12. The molecule has 1 N–H and O–H groups in total. The molecule has 0 atom stereocenters. The second-order valence-corrected chi connectivity index (χ2v) is 6.38. The van der Waals surface area contributed by atoms with Crippen LogP contribution in [0.5, 0.6) is 0 Å². The van der Waals surface area contributed by atoms with Crippen LogP contribution in [-0.4, -0.2) is 11.1 Å². The molecule has 0 aliphatic rings. The molecule has 3 aromatic rings. The van der Waals surface area contributed by atoms with Gasteiger partial charge in [-0.05, 0) is 58.1 Å². The summed E-state index contributed by atoms with van der Waals surface area (Å²) in [4.78, 5) is 10.9. The van der Waals surface area contributed by atoms with Gasteiger partial charge < -0.3 is 5.11 Å². The molecule has 0 saturated heterocycles. The zero-order chi connectivity index (χ0) is 17.1. The summed E-state index contributed by atoms with van der Waals surface area (Å²) in [7, 11) is 0.